The van der Waals surface area contributed by atoms with Gasteiger partial charge in [-0.3, -0.25) is 4.79 Å². The molecule has 0 spiro atoms. The van der Waals surface area contributed by atoms with Crippen molar-refractivity contribution < 1.29 is 9.53 Å². The third-order valence-corrected chi connectivity index (χ3v) is 4.76. The van der Waals surface area contributed by atoms with Gasteiger partial charge in [0, 0.05) is 36.2 Å². The van der Waals surface area contributed by atoms with Gasteiger partial charge in [0.25, 0.3) is 5.91 Å². The summed E-state index contributed by atoms with van der Waals surface area (Å²) in [5.74, 6) is 1.89. The fourth-order valence-electron chi connectivity index (χ4n) is 3.08. The summed E-state index contributed by atoms with van der Waals surface area (Å²) in [6.07, 6.45) is -0.612. The second kappa shape index (κ2) is 10.4. The Kier molecular flexibility index (Phi) is 7.43. The van der Waals surface area contributed by atoms with Gasteiger partial charge >= 0.3 is 0 Å². The van der Waals surface area contributed by atoms with E-state index in [-0.39, 0.29) is 5.91 Å². The van der Waals surface area contributed by atoms with Crippen LogP contribution in [-0.2, 0) is 4.79 Å². The van der Waals surface area contributed by atoms with Crippen molar-refractivity contribution in [2.75, 3.05) is 28.6 Å². The largest absolute Gasteiger partial charge is 0.481 e. The standard InChI is InChI=1S/C24H29N5O2/c1-5-29(6-2)22-16-17(3)25-24(28-22)27-20-14-12-19(13-15-20)26-23(30)18(4)31-21-10-8-7-9-11-21/h7-16,18H,5-6H2,1-4H3,(H,26,30)(H,25,27,28). The molecule has 3 rings (SSSR count). The Morgan fingerprint density at radius 3 is 2.29 bits per heavy atom. The van der Waals surface area contributed by atoms with E-state index in [0.29, 0.717) is 17.4 Å². The number of anilines is 4. The first-order valence-electron chi connectivity index (χ1n) is 10.5. The first-order valence-corrected chi connectivity index (χ1v) is 10.5. The van der Waals surface area contributed by atoms with Crippen LogP contribution in [0.25, 0.3) is 0 Å². The number of benzene rings is 2. The predicted molar refractivity (Wildman–Crippen MR) is 125 cm³/mol. The van der Waals surface area contributed by atoms with E-state index in [9.17, 15) is 4.79 Å². The molecule has 1 atom stereocenters. The van der Waals surface area contributed by atoms with Crippen LogP contribution < -0.4 is 20.3 Å². The summed E-state index contributed by atoms with van der Waals surface area (Å²) in [6, 6.07) is 18.7. The minimum Gasteiger partial charge on any atom is -0.481 e. The maximum atomic E-state index is 12.4. The average molecular weight is 420 g/mol. The number of ether oxygens (including phenoxy) is 1. The van der Waals surface area contributed by atoms with E-state index in [2.05, 4.69) is 39.3 Å². The van der Waals surface area contributed by atoms with Crippen molar-refractivity contribution in [3.05, 3.63) is 66.4 Å². The first kappa shape index (κ1) is 22.1. The second-order valence-corrected chi connectivity index (χ2v) is 7.13. The fourth-order valence-corrected chi connectivity index (χ4v) is 3.08. The Balaban J connectivity index is 1.62. The van der Waals surface area contributed by atoms with E-state index in [4.69, 9.17) is 4.74 Å². The first-order chi connectivity index (χ1) is 15.0. The highest BCUT2D eigenvalue weighted by molar-refractivity contribution is 5.94. The number of amides is 1. The van der Waals surface area contributed by atoms with Gasteiger partial charge in [0.2, 0.25) is 5.95 Å². The quantitative estimate of drug-likeness (QED) is 0.520. The monoisotopic (exact) mass is 419 g/mol. The molecule has 31 heavy (non-hydrogen) atoms. The van der Waals surface area contributed by atoms with Gasteiger partial charge in [0.1, 0.15) is 11.6 Å². The molecule has 0 fully saturated rings. The molecule has 1 aromatic heterocycles. The Bertz CT molecular complexity index is 989. The molecule has 1 heterocycles. The lowest BCUT2D eigenvalue weighted by atomic mass is 10.2. The second-order valence-electron chi connectivity index (χ2n) is 7.13. The van der Waals surface area contributed by atoms with Gasteiger partial charge in [0.05, 0.1) is 0 Å². The van der Waals surface area contributed by atoms with Crippen LogP contribution in [0.3, 0.4) is 0 Å². The summed E-state index contributed by atoms with van der Waals surface area (Å²) in [5.41, 5.74) is 2.42. The molecule has 2 N–H and O–H groups in total. The number of rotatable bonds is 9. The zero-order chi connectivity index (χ0) is 22.2. The number of aromatic nitrogens is 2. The van der Waals surface area contributed by atoms with E-state index in [0.717, 1.165) is 30.3 Å². The van der Waals surface area contributed by atoms with Crippen LogP contribution in [0.15, 0.2) is 60.7 Å². The Labute approximate surface area is 183 Å². The number of nitrogens with zero attached hydrogens (tertiary/aromatic N) is 3. The molecule has 0 aliphatic rings. The molecule has 7 nitrogen and oxygen atoms in total. The van der Waals surface area contributed by atoms with Gasteiger partial charge in [0.15, 0.2) is 6.10 Å². The molecule has 1 amide bonds. The molecule has 162 valence electrons. The summed E-state index contributed by atoms with van der Waals surface area (Å²) >= 11 is 0. The molecule has 0 saturated heterocycles. The molecule has 0 aliphatic carbocycles. The smallest absolute Gasteiger partial charge is 0.265 e. The van der Waals surface area contributed by atoms with E-state index in [1.165, 1.54) is 0 Å². The minimum atomic E-state index is -0.612. The third kappa shape index (κ3) is 6.18. The molecule has 0 aliphatic heterocycles. The number of hydrogen-bond donors (Lipinski definition) is 2. The molecule has 0 radical (unpaired) electrons. The SMILES string of the molecule is CCN(CC)c1cc(C)nc(Nc2ccc(NC(=O)C(C)Oc3ccccc3)cc2)n1. The minimum absolute atomic E-state index is 0.213. The third-order valence-electron chi connectivity index (χ3n) is 4.76. The van der Waals surface area contributed by atoms with Crippen molar-refractivity contribution >= 4 is 29.0 Å². The number of nitrogens with one attached hydrogen (secondary N) is 2. The van der Waals surface area contributed by atoms with E-state index in [1.54, 1.807) is 6.92 Å². The summed E-state index contributed by atoms with van der Waals surface area (Å²) in [6.45, 7) is 9.65. The van der Waals surface area contributed by atoms with Crippen molar-refractivity contribution in [1.29, 1.82) is 0 Å². The summed E-state index contributed by atoms with van der Waals surface area (Å²) in [7, 11) is 0. The highest BCUT2D eigenvalue weighted by atomic mass is 16.5. The van der Waals surface area contributed by atoms with Crippen LogP contribution in [0.2, 0.25) is 0 Å². The van der Waals surface area contributed by atoms with Crippen LogP contribution in [0.1, 0.15) is 26.5 Å². The topological polar surface area (TPSA) is 79.4 Å². The normalized spacial score (nSPS) is 11.5. The van der Waals surface area contributed by atoms with Gasteiger partial charge in [-0.1, -0.05) is 18.2 Å². The molecule has 0 saturated carbocycles. The molecule has 1 unspecified atom stereocenters. The predicted octanol–water partition coefficient (Wildman–Crippen LogP) is 4.78. The lowest BCUT2D eigenvalue weighted by molar-refractivity contribution is -0.122. The number of hydrogen-bond acceptors (Lipinski definition) is 6. The molecule has 0 bridgehead atoms. The number of aryl methyl sites for hydroxylation is 1. The summed E-state index contributed by atoms with van der Waals surface area (Å²) in [4.78, 5) is 23.7. The molecular weight excluding hydrogens is 390 g/mol. The summed E-state index contributed by atoms with van der Waals surface area (Å²) < 4.78 is 5.67. The van der Waals surface area contributed by atoms with Crippen molar-refractivity contribution in [1.82, 2.24) is 9.97 Å². The van der Waals surface area contributed by atoms with Gasteiger partial charge in [-0.15, -0.1) is 0 Å². The van der Waals surface area contributed by atoms with Crippen molar-refractivity contribution in [3.8, 4) is 5.75 Å². The lowest BCUT2D eigenvalue weighted by Gasteiger charge is -2.20. The lowest BCUT2D eigenvalue weighted by Crippen LogP contribution is -2.30. The molecule has 3 aromatic rings. The number of carbonyl (C=O) groups excluding carboxylic acids is 1. The van der Waals surface area contributed by atoms with E-state index in [1.807, 2.05) is 67.6 Å². The highest BCUT2D eigenvalue weighted by Crippen LogP contribution is 2.20. The van der Waals surface area contributed by atoms with Crippen LogP contribution in [-0.4, -0.2) is 35.1 Å². The van der Waals surface area contributed by atoms with Crippen LogP contribution >= 0.6 is 0 Å². The van der Waals surface area contributed by atoms with Gasteiger partial charge in [-0.05, 0) is 64.1 Å². The van der Waals surface area contributed by atoms with E-state index < -0.39 is 6.10 Å². The number of carbonyl (C=O) groups is 1. The zero-order valence-electron chi connectivity index (χ0n) is 18.4. The van der Waals surface area contributed by atoms with Gasteiger partial charge < -0.3 is 20.3 Å². The van der Waals surface area contributed by atoms with Gasteiger partial charge in [-0.25, -0.2) is 4.98 Å². The Hall–Kier alpha value is -3.61. The highest BCUT2D eigenvalue weighted by Gasteiger charge is 2.15. The van der Waals surface area contributed by atoms with Crippen molar-refractivity contribution in [3.63, 3.8) is 0 Å². The van der Waals surface area contributed by atoms with E-state index >= 15 is 0 Å². The maximum absolute atomic E-state index is 12.4. The number of para-hydroxylation sites is 1. The van der Waals surface area contributed by atoms with Crippen molar-refractivity contribution in [2.24, 2.45) is 0 Å². The zero-order valence-corrected chi connectivity index (χ0v) is 18.4. The van der Waals surface area contributed by atoms with Crippen LogP contribution in [0.5, 0.6) is 5.75 Å². The summed E-state index contributed by atoms with van der Waals surface area (Å²) in [5, 5.41) is 6.11. The van der Waals surface area contributed by atoms with Gasteiger partial charge in [-0.2, -0.15) is 4.98 Å². The maximum Gasteiger partial charge on any atom is 0.265 e. The molecular formula is C24H29N5O2. The fraction of sp³-hybridized carbons (Fsp3) is 0.292. The molecule has 7 heteroatoms. The van der Waals surface area contributed by atoms with Crippen molar-refractivity contribution in [2.45, 2.75) is 33.8 Å². The van der Waals surface area contributed by atoms with Crippen LogP contribution in [0, 0.1) is 6.92 Å². The Morgan fingerprint density at radius 1 is 1.00 bits per heavy atom. The van der Waals surface area contributed by atoms with Crippen LogP contribution in [0.4, 0.5) is 23.1 Å². The molecule has 2 aromatic carbocycles. The average Bonchev–Trinajstić information content (AvgIpc) is 2.76. The Morgan fingerprint density at radius 2 is 1.65 bits per heavy atom.